The lowest BCUT2D eigenvalue weighted by molar-refractivity contribution is -0.150. The lowest BCUT2D eigenvalue weighted by Crippen LogP contribution is -2.70. The van der Waals surface area contributed by atoms with Crippen LogP contribution in [-0.4, -0.2) is 54.3 Å². The van der Waals surface area contributed by atoms with Crippen LogP contribution in [0.25, 0.3) is 0 Å². The van der Waals surface area contributed by atoms with E-state index in [0.29, 0.717) is 22.4 Å². The zero-order valence-corrected chi connectivity index (χ0v) is 27.8. The molecule has 2 fully saturated rings. The molecule has 234 valence electrons. The van der Waals surface area contributed by atoms with E-state index in [-0.39, 0.29) is 22.1 Å². The number of hydrogen-bond acceptors (Lipinski definition) is 7. The van der Waals surface area contributed by atoms with Gasteiger partial charge < -0.3 is 9.64 Å². The van der Waals surface area contributed by atoms with Crippen LogP contribution in [0.15, 0.2) is 103 Å². The second kappa shape index (κ2) is 12.0. The van der Waals surface area contributed by atoms with Gasteiger partial charge in [-0.1, -0.05) is 89.9 Å². The number of rotatable bonds is 9. The molecule has 1 N–H and O–H groups in total. The fourth-order valence-corrected chi connectivity index (χ4v) is 8.71. The van der Waals surface area contributed by atoms with Gasteiger partial charge in [-0.3, -0.25) is 10.1 Å². The second-order valence-electron chi connectivity index (χ2n) is 12.1. The highest BCUT2D eigenvalue weighted by Crippen LogP contribution is 2.58. The van der Waals surface area contributed by atoms with Gasteiger partial charge in [-0.15, -0.1) is 16.9 Å². The van der Waals surface area contributed by atoms with Crippen LogP contribution in [0.4, 0.5) is 0 Å². The first kappa shape index (κ1) is 30.7. The summed E-state index contributed by atoms with van der Waals surface area (Å²) in [5, 5.41) is 17.7. The molecule has 46 heavy (non-hydrogen) atoms. The van der Waals surface area contributed by atoms with E-state index in [1.807, 2.05) is 95.9 Å². The second-order valence-corrected chi connectivity index (χ2v) is 14.7. The summed E-state index contributed by atoms with van der Waals surface area (Å²) in [7, 11) is 1.64. The first-order valence-corrected chi connectivity index (χ1v) is 16.6. The number of carbonyl (C=O) groups excluding carboxylic acids is 1. The maximum atomic E-state index is 14.4. The molecular weight excluding hydrogens is 639 g/mol. The Labute approximate surface area is 282 Å². The molecule has 5 aromatic rings. The van der Waals surface area contributed by atoms with Gasteiger partial charge in [-0.25, -0.2) is 4.68 Å². The molecule has 11 heteroatoms. The maximum absolute atomic E-state index is 14.4. The first-order valence-electron chi connectivity index (χ1n) is 15.0. The number of halogens is 2. The van der Waals surface area contributed by atoms with E-state index in [1.54, 1.807) is 23.6 Å². The Balaban J connectivity index is 1.27. The average Bonchev–Trinajstić information content (AvgIpc) is 3.61. The molecule has 7 rings (SSSR count). The number of benzene rings is 4. The molecule has 4 aromatic carbocycles. The Kier molecular flexibility index (Phi) is 8.05. The van der Waals surface area contributed by atoms with Gasteiger partial charge in [0.25, 0.3) is 0 Å². The summed E-state index contributed by atoms with van der Waals surface area (Å²) >= 11 is 15.0. The molecule has 8 nitrogen and oxygen atoms in total. The van der Waals surface area contributed by atoms with Gasteiger partial charge in [-0.2, -0.15) is 0 Å². The predicted molar refractivity (Wildman–Crippen MR) is 181 cm³/mol. The van der Waals surface area contributed by atoms with E-state index < -0.39 is 11.6 Å². The quantitative estimate of drug-likeness (QED) is 0.138. The van der Waals surface area contributed by atoms with E-state index in [0.717, 1.165) is 28.0 Å². The molecule has 2 aliphatic rings. The van der Waals surface area contributed by atoms with Gasteiger partial charge in [0.1, 0.15) is 23.2 Å². The summed E-state index contributed by atoms with van der Waals surface area (Å²) in [6.07, 6.45) is 0. The van der Waals surface area contributed by atoms with Crippen molar-refractivity contribution in [2.24, 2.45) is 0 Å². The fourth-order valence-electron chi connectivity index (χ4n) is 6.70. The van der Waals surface area contributed by atoms with Crippen molar-refractivity contribution in [2.75, 3.05) is 7.11 Å². The molecule has 2 saturated heterocycles. The van der Waals surface area contributed by atoms with Gasteiger partial charge in [0, 0.05) is 14.8 Å². The van der Waals surface area contributed by atoms with Crippen LogP contribution in [0.3, 0.4) is 0 Å². The number of tetrazole rings is 1. The number of hydrogen-bond donors (Lipinski definition) is 1. The van der Waals surface area contributed by atoms with E-state index >= 15 is 0 Å². The zero-order valence-electron chi connectivity index (χ0n) is 25.5. The Morgan fingerprint density at radius 1 is 0.891 bits per heavy atom. The van der Waals surface area contributed by atoms with Gasteiger partial charge in [0.05, 0.1) is 19.2 Å². The van der Waals surface area contributed by atoms with Crippen molar-refractivity contribution < 1.29 is 9.53 Å². The highest BCUT2D eigenvalue weighted by molar-refractivity contribution is 8.01. The van der Waals surface area contributed by atoms with Crippen molar-refractivity contribution >= 4 is 40.9 Å². The number of thioether (sulfide) groups is 1. The summed E-state index contributed by atoms with van der Waals surface area (Å²) in [5.41, 5.74) is 2.87. The summed E-state index contributed by atoms with van der Waals surface area (Å²) in [6.45, 7) is 4.77. The van der Waals surface area contributed by atoms with Crippen molar-refractivity contribution in [1.82, 2.24) is 30.4 Å². The van der Waals surface area contributed by atoms with Gasteiger partial charge in [0.15, 0.2) is 5.82 Å². The van der Waals surface area contributed by atoms with Crippen molar-refractivity contribution in [3.8, 4) is 5.75 Å². The Morgan fingerprint density at radius 2 is 1.52 bits per heavy atom. The van der Waals surface area contributed by atoms with E-state index in [9.17, 15) is 4.79 Å². The third-order valence-electron chi connectivity index (χ3n) is 8.83. The third kappa shape index (κ3) is 5.25. The summed E-state index contributed by atoms with van der Waals surface area (Å²) in [5.74, 6) is 1.42. The van der Waals surface area contributed by atoms with Gasteiger partial charge in [0.2, 0.25) is 5.91 Å². The lowest BCUT2D eigenvalue weighted by atomic mass is 9.76. The molecule has 3 heterocycles. The number of methoxy groups -OCH3 is 1. The number of aromatic nitrogens is 4. The number of carbonyl (C=O) groups is 1. The minimum absolute atomic E-state index is 0.0172. The molecule has 2 unspecified atom stereocenters. The molecule has 0 saturated carbocycles. The van der Waals surface area contributed by atoms with Crippen LogP contribution in [0, 0.1) is 0 Å². The maximum Gasteiger partial charge on any atom is 0.244 e. The standard InChI is InChI=1S/C35H32Cl2N6O2S/c1-34(2)30(31-39-40-41-42(31)21-22-15-17-28(45-3)18-16-22)43-32(44)29(33(43)46-34)38-35(23-9-5-4-6-10-23,24-11-7-13-26(36)19-24)25-12-8-14-27(37)20-25/h4-20,29-30,33,38H,21H2,1-3H3/t29?,30?,33-/m1/s1. The topological polar surface area (TPSA) is 85.2 Å². The van der Waals surface area contributed by atoms with Crippen LogP contribution in [0.1, 0.15) is 48.0 Å². The first-order chi connectivity index (χ1) is 22.2. The van der Waals surface area contributed by atoms with E-state index in [4.69, 9.17) is 27.9 Å². The van der Waals surface area contributed by atoms with Crippen LogP contribution in [-0.2, 0) is 16.9 Å². The molecule has 0 bridgehead atoms. The van der Waals surface area contributed by atoms with Crippen LogP contribution < -0.4 is 10.1 Å². The SMILES string of the molecule is COc1ccc(Cn2nnnc2C2N3C(=O)C(NC(c4ccccc4)(c4cccc(Cl)c4)c4cccc(Cl)c4)[C@H]3SC2(C)C)cc1. The zero-order chi connectivity index (χ0) is 32.1. The normalized spacial score (nSPS) is 20.3. The molecule has 2 aliphatic heterocycles. The Bertz CT molecular complexity index is 1840. The largest absolute Gasteiger partial charge is 0.497 e. The number of nitrogens with zero attached hydrogens (tertiary/aromatic N) is 5. The van der Waals surface area contributed by atoms with Crippen LogP contribution in [0.2, 0.25) is 10.0 Å². The number of fused-ring (bicyclic) bond motifs is 1. The third-order valence-corrected chi connectivity index (χ3v) is 10.9. The monoisotopic (exact) mass is 670 g/mol. The molecule has 0 spiro atoms. The van der Waals surface area contributed by atoms with Gasteiger partial charge in [-0.05, 0) is 82.9 Å². The predicted octanol–water partition coefficient (Wildman–Crippen LogP) is 6.72. The highest BCUT2D eigenvalue weighted by Gasteiger charge is 2.64. The minimum Gasteiger partial charge on any atom is -0.497 e. The smallest absolute Gasteiger partial charge is 0.244 e. The molecular formula is C35H32Cl2N6O2S. The minimum atomic E-state index is -0.928. The van der Waals surface area contributed by atoms with Crippen molar-refractivity contribution in [3.63, 3.8) is 0 Å². The summed E-state index contributed by atoms with van der Waals surface area (Å²) in [4.78, 5) is 16.3. The summed E-state index contributed by atoms with van der Waals surface area (Å²) < 4.78 is 6.73. The van der Waals surface area contributed by atoms with Gasteiger partial charge >= 0.3 is 0 Å². The summed E-state index contributed by atoms with van der Waals surface area (Å²) in [6, 6.07) is 32.6. The van der Waals surface area contributed by atoms with Crippen LogP contribution >= 0.6 is 35.0 Å². The molecule has 3 atom stereocenters. The highest BCUT2D eigenvalue weighted by atomic mass is 35.5. The molecule has 0 aliphatic carbocycles. The molecule has 0 radical (unpaired) electrons. The number of amides is 1. The lowest BCUT2D eigenvalue weighted by Gasteiger charge is -2.49. The van der Waals surface area contributed by atoms with Crippen molar-refractivity contribution in [1.29, 1.82) is 0 Å². The fraction of sp³-hybridized carbons (Fsp3) is 0.257. The Hall–Kier alpha value is -3.89. The van der Waals surface area contributed by atoms with Crippen molar-refractivity contribution in [2.45, 2.75) is 48.1 Å². The molecule has 1 amide bonds. The number of ether oxygens (including phenoxy) is 1. The van der Waals surface area contributed by atoms with Crippen molar-refractivity contribution in [3.05, 3.63) is 141 Å². The van der Waals surface area contributed by atoms with E-state index in [2.05, 4.69) is 46.8 Å². The Morgan fingerprint density at radius 3 is 2.13 bits per heavy atom. The number of nitrogens with one attached hydrogen (secondary N) is 1. The van der Waals surface area contributed by atoms with E-state index in [1.165, 1.54) is 0 Å². The van der Waals surface area contributed by atoms with Crippen LogP contribution in [0.5, 0.6) is 5.75 Å². The molecule has 1 aromatic heterocycles. The number of β-lactam (4-membered cyclic amide) rings is 1. The average molecular weight is 672 g/mol.